The Bertz CT molecular complexity index is 1300. The van der Waals surface area contributed by atoms with Crippen molar-refractivity contribution in [2.75, 3.05) is 6.61 Å². The van der Waals surface area contributed by atoms with E-state index in [2.05, 4.69) is 0 Å². The van der Waals surface area contributed by atoms with Crippen LogP contribution in [0.4, 0.5) is 13.2 Å². The lowest BCUT2D eigenvalue weighted by atomic mass is 9.98. The zero-order valence-corrected chi connectivity index (χ0v) is 20.5. The first-order valence-corrected chi connectivity index (χ1v) is 12.4. The third-order valence-electron chi connectivity index (χ3n) is 5.38. The van der Waals surface area contributed by atoms with Crippen LogP contribution < -0.4 is 4.74 Å². The molecule has 0 spiro atoms. The van der Waals surface area contributed by atoms with Crippen molar-refractivity contribution in [2.24, 2.45) is 0 Å². The SMILES string of the molecule is CC(C)(OC(=O)COc1ccc([S+](c2ccccc2)c2cc(F)cc(F)c2)cc1)c1ccc(F)cc1. The van der Waals surface area contributed by atoms with Gasteiger partial charge in [0.1, 0.15) is 28.8 Å². The zero-order valence-electron chi connectivity index (χ0n) is 19.7. The van der Waals surface area contributed by atoms with Crippen LogP contribution in [0, 0.1) is 17.5 Å². The molecule has 36 heavy (non-hydrogen) atoms. The summed E-state index contributed by atoms with van der Waals surface area (Å²) in [5.74, 6) is -1.78. The molecule has 0 saturated carbocycles. The van der Waals surface area contributed by atoms with Gasteiger partial charge in [0, 0.05) is 18.2 Å². The van der Waals surface area contributed by atoms with E-state index in [0.29, 0.717) is 16.2 Å². The molecule has 4 aromatic rings. The van der Waals surface area contributed by atoms with Crippen LogP contribution in [-0.2, 0) is 26.0 Å². The van der Waals surface area contributed by atoms with E-state index in [9.17, 15) is 18.0 Å². The van der Waals surface area contributed by atoms with E-state index in [1.165, 1.54) is 24.3 Å². The van der Waals surface area contributed by atoms with Gasteiger partial charge in [0.05, 0.1) is 10.9 Å². The monoisotopic (exact) mass is 509 g/mol. The second-order valence-corrected chi connectivity index (χ2v) is 10.5. The number of benzene rings is 4. The predicted octanol–water partition coefficient (Wildman–Crippen LogP) is 7.06. The summed E-state index contributed by atoms with van der Waals surface area (Å²) in [5, 5.41) is 0. The highest BCUT2D eigenvalue weighted by atomic mass is 32.2. The van der Waals surface area contributed by atoms with Gasteiger partial charge in [-0.3, -0.25) is 0 Å². The first-order chi connectivity index (χ1) is 17.2. The molecule has 0 radical (unpaired) electrons. The topological polar surface area (TPSA) is 35.5 Å². The Morgan fingerprint density at radius 3 is 1.92 bits per heavy atom. The Morgan fingerprint density at radius 2 is 1.31 bits per heavy atom. The van der Waals surface area contributed by atoms with Gasteiger partial charge in [-0.1, -0.05) is 30.3 Å². The number of carbonyl (C=O) groups excluding carboxylic acids is 1. The summed E-state index contributed by atoms with van der Waals surface area (Å²) in [6, 6.07) is 25.7. The molecule has 0 N–H and O–H groups in total. The lowest BCUT2D eigenvalue weighted by Gasteiger charge is -2.25. The van der Waals surface area contributed by atoms with Crippen LogP contribution in [-0.4, -0.2) is 12.6 Å². The van der Waals surface area contributed by atoms with E-state index in [0.717, 1.165) is 15.9 Å². The van der Waals surface area contributed by atoms with E-state index in [1.54, 1.807) is 38.1 Å². The number of ether oxygens (including phenoxy) is 2. The number of rotatable bonds is 8. The average Bonchev–Trinajstić information content (AvgIpc) is 2.84. The van der Waals surface area contributed by atoms with Crippen molar-refractivity contribution in [1.29, 1.82) is 0 Å². The van der Waals surface area contributed by atoms with Gasteiger partial charge in [-0.2, -0.15) is 0 Å². The Morgan fingerprint density at radius 1 is 0.722 bits per heavy atom. The molecule has 184 valence electrons. The van der Waals surface area contributed by atoms with Gasteiger partial charge >= 0.3 is 5.97 Å². The van der Waals surface area contributed by atoms with Crippen molar-refractivity contribution >= 4 is 16.9 Å². The molecule has 0 saturated heterocycles. The molecule has 0 fully saturated rings. The van der Waals surface area contributed by atoms with Crippen molar-refractivity contribution in [3.8, 4) is 5.75 Å². The van der Waals surface area contributed by atoms with Crippen LogP contribution in [0.5, 0.6) is 5.75 Å². The molecule has 0 heterocycles. The van der Waals surface area contributed by atoms with Crippen LogP contribution in [0.3, 0.4) is 0 Å². The Labute approximate surface area is 210 Å². The van der Waals surface area contributed by atoms with Gasteiger partial charge in [-0.25, -0.2) is 18.0 Å². The summed E-state index contributed by atoms with van der Waals surface area (Å²) in [4.78, 5) is 14.6. The molecular formula is C29H24F3O3S+. The standard InChI is InChI=1S/C29H24F3O3S/c1-29(2,20-8-10-21(30)11-9-20)35-28(33)19-34-24-12-14-26(15-13-24)36(25-6-4-3-5-7-25)27-17-22(31)16-23(32)18-27/h3-18H,19H2,1-2H3/q+1. The van der Waals surface area contributed by atoms with Gasteiger partial charge in [-0.15, -0.1) is 0 Å². The molecule has 0 bridgehead atoms. The average molecular weight is 510 g/mol. The van der Waals surface area contributed by atoms with Crippen LogP contribution in [0.2, 0.25) is 0 Å². The van der Waals surface area contributed by atoms with E-state index in [4.69, 9.17) is 9.47 Å². The molecule has 1 atom stereocenters. The highest BCUT2D eigenvalue weighted by Crippen LogP contribution is 2.33. The number of hydrogen-bond donors (Lipinski definition) is 0. The largest absolute Gasteiger partial charge is 0.482 e. The summed E-state index contributed by atoms with van der Waals surface area (Å²) in [6.45, 7) is 3.11. The van der Waals surface area contributed by atoms with Crippen LogP contribution in [0.15, 0.2) is 112 Å². The summed E-state index contributed by atoms with van der Waals surface area (Å²) in [6.07, 6.45) is 0. The number of carbonyl (C=O) groups is 1. The maximum atomic E-state index is 14.0. The third-order valence-corrected chi connectivity index (χ3v) is 7.57. The minimum Gasteiger partial charge on any atom is -0.482 e. The molecule has 0 aliphatic heterocycles. The highest BCUT2D eigenvalue weighted by molar-refractivity contribution is 7.97. The van der Waals surface area contributed by atoms with Crippen molar-refractivity contribution in [3.05, 3.63) is 120 Å². The summed E-state index contributed by atoms with van der Waals surface area (Å²) >= 11 is 0. The fraction of sp³-hybridized carbons (Fsp3) is 0.138. The van der Waals surface area contributed by atoms with Crippen molar-refractivity contribution in [3.63, 3.8) is 0 Å². The number of halogens is 3. The fourth-order valence-corrected chi connectivity index (χ4v) is 5.76. The van der Waals surface area contributed by atoms with E-state index >= 15 is 0 Å². The minimum atomic E-state index is -0.956. The lowest BCUT2D eigenvalue weighted by Crippen LogP contribution is -2.28. The minimum absolute atomic E-state index is 0.316. The Balaban J connectivity index is 1.47. The van der Waals surface area contributed by atoms with E-state index in [-0.39, 0.29) is 12.4 Å². The second kappa shape index (κ2) is 10.9. The lowest BCUT2D eigenvalue weighted by molar-refractivity contribution is -0.159. The summed E-state index contributed by atoms with van der Waals surface area (Å²) in [7, 11) is -0.746. The second-order valence-electron chi connectivity index (χ2n) is 8.48. The van der Waals surface area contributed by atoms with Crippen molar-refractivity contribution in [1.82, 2.24) is 0 Å². The van der Waals surface area contributed by atoms with Crippen LogP contribution in [0.1, 0.15) is 19.4 Å². The van der Waals surface area contributed by atoms with Crippen molar-refractivity contribution in [2.45, 2.75) is 34.1 Å². The van der Waals surface area contributed by atoms with Gasteiger partial charge in [0.2, 0.25) is 0 Å². The number of hydrogen-bond acceptors (Lipinski definition) is 3. The summed E-state index contributed by atoms with van der Waals surface area (Å²) < 4.78 is 52.3. The van der Waals surface area contributed by atoms with E-state index < -0.39 is 34.1 Å². The van der Waals surface area contributed by atoms with E-state index in [1.807, 2.05) is 42.5 Å². The molecule has 1 unspecified atom stereocenters. The fourth-order valence-electron chi connectivity index (χ4n) is 3.65. The molecule has 7 heteroatoms. The van der Waals surface area contributed by atoms with Crippen LogP contribution in [0.25, 0.3) is 0 Å². The molecule has 0 aliphatic rings. The maximum Gasteiger partial charge on any atom is 0.345 e. The molecular weight excluding hydrogens is 485 g/mol. The highest BCUT2D eigenvalue weighted by Gasteiger charge is 2.30. The van der Waals surface area contributed by atoms with Crippen LogP contribution >= 0.6 is 0 Å². The normalized spacial score (nSPS) is 12.1. The predicted molar refractivity (Wildman–Crippen MR) is 132 cm³/mol. The molecule has 0 aliphatic carbocycles. The van der Waals surface area contributed by atoms with Gasteiger partial charge < -0.3 is 9.47 Å². The summed E-state index contributed by atoms with van der Waals surface area (Å²) in [5.41, 5.74) is -0.300. The molecule has 0 amide bonds. The number of esters is 1. The molecule has 3 nitrogen and oxygen atoms in total. The zero-order chi connectivity index (χ0) is 25.7. The molecule has 4 rings (SSSR count). The first kappa shape index (κ1) is 25.4. The maximum absolute atomic E-state index is 14.0. The molecule has 0 aromatic heterocycles. The third kappa shape index (κ3) is 6.29. The quantitative estimate of drug-likeness (QED) is 0.189. The Kier molecular flexibility index (Phi) is 7.70. The van der Waals surface area contributed by atoms with Gasteiger partial charge in [0.25, 0.3) is 0 Å². The molecule has 4 aromatic carbocycles. The van der Waals surface area contributed by atoms with Crippen molar-refractivity contribution < 1.29 is 27.4 Å². The first-order valence-electron chi connectivity index (χ1n) is 11.2. The Hall–Kier alpha value is -3.71. The smallest absolute Gasteiger partial charge is 0.345 e. The van der Waals surface area contributed by atoms with Gasteiger partial charge in [0.15, 0.2) is 21.3 Å². The van der Waals surface area contributed by atoms with Gasteiger partial charge in [-0.05, 0) is 67.9 Å².